The Morgan fingerprint density at radius 2 is 2.03 bits per heavy atom. The lowest BCUT2D eigenvalue weighted by Gasteiger charge is -2.20. The quantitative estimate of drug-likeness (QED) is 0.522. The lowest BCUT2D eigenvalue weighted by molar-refractivity contribution is 0.0796. The molecule has 0 radical (unpaired) electrons. The average Bonchev–Trinajstić information content (AvgIpc) is 3.15. The van der Waals surface area contributed by atoms with Crippen LogP contribution in [0, 0.1) is 0 Å². The lowest BCUT2D eigenvalue weighted by Crippen LogP contribution is -2.24. The van der Waals surface area contributed by atoms with E-state index in [0.717, 1.165) is 37.4 Å². The van der Waals surface area contributed by atoms with Gasteiger partial charge in [-0.15, -0.1) is 6.58 Å². The van der Waals surface area contributed by atoms with Gasteiger partial charge in [-0.05, 0) is 43.0 Å². The van der Waals surface area contributed by atoms with Crippen LogP contribution in [0.25, 0.3) is 0 Å². The van der Waals surface area contributed by atoms with E-state index in [2.05, 4.69) is 42.4 Å². The first-order chi connectivity index (χ1) is 13.9. The maximum atomic E-state index is 12.3. The lowest BCUT2D eigenvalue weighted by atomic mass is 9.95. The number of hydrogen-bond donors (Lipinski definition) is 0. The number of allylic oxidation sites excluding steroid dienone is 1. The van der Waals surface area contributed by atoms with Crippen LogP contribution in [0.5, 0.6) is 11.6 Å². The van der Waals surface area contributed by atoms with E-state index in [1.165, 1.54) is 11.1 Å². The van der Waals surface area contributed by atoms with Gasteiger partial charge in [-0.1, -0.05) is 24.6 Å². The molecule has 0 N–H and O–H groups in total. The first-order valence-corrected chi connectivity index (χ1v) is 9.93. The fraction of sp³-hybridized carbons (Fsp3) is 0.435. The summed E-state index contributed by atoms with van der Waals surface area (Å²) in [4.78, 5) is 6.15. The zero-order valence-electron chi connectivity index (χ0n) is 17.0. The minimum absolute atomic E-state index is 0.0762. The number of hydrogen-bond acceptors (Lipinski definition) is 4. The second-order valence-corrected chi connectivity index (χ2v) is 7.66. The van der Waals surface area contributed by atoms with Crippen molar-refractivity contribution in [3.63, 3.8) is 0 Å². The van der Waals surface area contributed by atoms with Crippen molar-refractivity contribution in [2.45, 2.75) is 45.1 Å². The summed E-state index contributed by atoms with van der Waals surface area (Å²) in [5, 5.41) is 0. The van der Waals surface area contributed by atoms with Crippen LogP contribution in [0.2, 0.25) is 0 Å². The molecule has 0 spiro atoms. The van der Waals surface area contributed by atoms with Gasteiger partial charge in [0, 0.05) is 30.9 Å². The van der Waals surface area contributed by atoms with Crippen LogP contribution in [0.3, 0.4) is 0 Å². The van der Waals surface area contributed by atoms with E-state index in [0.29, 0.717) is 5.92 Å². The highest BCUT2D eigenvalue weighted by Crippen LogP contribution is 2.28. The first kappa shape index (κ1) is 21.1. The molecule has 0 bridgehead atoms. The molecule has 1 aromatic heterocycles. The molecule has 3 rings (SSSR count). The van der Waals surface area contributed by atoms with Crippen molar-refractivity contribution in [2.75, 3.05) is 24.6 Å². The third-order valence-electron chi connectivity index (χ3n) is 4.99. The van der Waals surface area contributed by atoms with E-state index >= 15 is 0 Å². The predicted molar refractivity (Wildman–Crippen MR) is 111 cm³/mol. The van der Waals surface area contributed by atoms with Gasteiger partial charge in [0.1, 0.15) is 11.9 Å². The first-order valence-electron chi connectivity index (χ1n) is 9.93. The van der Waals surface area contributed by atoms with E-state index in [1.54, 1.807) is 12.3 Å². The molecule has 2 aromatic rings. The largest absolute Gasteiger partial charge is 0.489 e. The Labute approximate surface area is 171 Å². The maximum absolute atomic E-state index is 12.3. The van der Waals surface area contributed by atoms with E-state index in [9.17, 15) is 8.78 Å². The summed E-state index contributed by atoms with van der Waals surface area (Å²) in [5.41, 5.74) is 3.36. The van der Waals surface area contributed by atoms with E-state index in [1.807, 2.05) is 18.2 Å². The van der Waals surface area contributed by atoms with E-state index in [4.69, 9.17) is 9.47 Å². The van der Waals surface area contributed by atoms with Crippen LogP contribution >= 0.6 is 0 Å². The van der Waals surface area contributed by atoms with Gasteiger partial charge in [-0.2, -0.15) is 0 Å². The SMILES string of the molecule is C=C(C)C[C@@H](C)c1ccc(O[C@@H]2CCN(c3ccnc(OCC(F)F)c3)C2)cc1. The van der Waals surface area contributed by atoms with Crippen LogP contribution < -0.4 is 14.4 Å². The molecule has 2 atom stereocenters. The van der Waals surface area contributed by atoms with Gasteiger partial charge in [-0.25, -0.2) is 13.8 Å². The van der Waals surface area contributed by atoms with Crippen molar-refractivity contribution in [3.05, 3.63) is 60.3 Å². The number of pyridine rings is 1. The molecule has 1 aromatic carbocycles. The molecule has 156 valence electrons. The Bertz CT molecular complexity index is 811. The Kier molecular flexibility index (Phi) is 7.07. The number of halogens is 2. The van der Waals surface area contributed by atoms with Gasteiger partial charge < -0.3 is 14.4 Å². The summed E-state index contributed by atoms with van der Waals surface area (Å²) in [6.07, 6.45) is 1.01. The monoisotopic (exact) mass is 402 g/mol. The summed E-state index contributed by atoms with van der Waals surface area (Å²) in [6, 6.07) is 11.8. The van der Waals surface area contributed by atoms with E-state index in [-0.39, 0.29) is 12.0 Å². The molecule has 1 aliphatic heterocycles. The van der Waals surface area contributed by atoms with Crippen LogP contribution in [-0.2, 0) is 0 Å². The molecule has 0 saturated carbocycles. The summed E-state index contributed by atoms with van der Waals surface area (Å²) in [5.74, 6) is 1.52. The number of nitrogens with zero attached hydrogens (tertiary/aromatic N) is 2. The Morgan fingerprint density at radius 3 is 2.72 bits per heavy atom. The average molecular weight is 402 g/mol. The number of ether oxygens (including phenoxy) is 2. The van der Waals surface area contributed by atoms with Crippen LogP contribution in [-0.4, -0.2) is 37.2 Å². The molecule has 0 unspecified atom stereocenters. The van der Waals surface area contributed by atoms with Gasteiger partial charge in [-0.3, -0.25) is 0 Å². The minimum Gasteiger partial charge on any atom is -0.489 e. The molecule has 1 fully saturated rings. The highest BCUT2D eigenvalue weighted by atomic mass is 19.3. The molecule has 0 aliphatic carbocycles. The summed E-state index contributed by atoms with van der Waals surface area (Å²) < 4.78 is 35.8. The number of anilines is 1. The fourth-order valence-corrected chi connectivity index (χ4v) is 3.59. The number of alkyl halides is 2. The Hall–Kier alpha value is -2.63. The topological polar surface area (TPSA) is 34.6 Å². The summed E-state index contributed by atoms with van der Waals surface area (Å²) in [7, 11) is 0. The van der Waals surface area contributed by atoms with Crippen LogP contribution in [0.4, 0.5) is 14.5 Å². The normalized spacial score (nSPS) is 17.4. The third kappa shape index (κ3) is 6.17. The molecule has 4 nitrogen and oxygen atoms in total. The van der Waals surface area contributed by atoms with Crippen molar-refractivity contribution in [1.82, 2.24) is 4.98 Å². The molecular formula is C23H28F2N2O2. The van der Waals surface area contributed by atoms with Crippen molar-refractivity contribution in [1.29, 1.82) is 0 Å². The minimum atomic E-state index is -2.51. The Balaban J connectivity index is 1.55. The van der Waals surface area contributed by atoms with Crippen molar-refractivity contribution >= 4 is 5.69 Å². The number of rotatable bonds is 9. The molecule has 0 amide bonds. The molecule has 6 heteroatoms. The van der Waals surface area contributed by atoms with Gasteiger partial charge in [0.25, 0.3) is 6.43 Å². The second kappa shape index (κ2) is 9.72. The smallest absolute Gasteiger partial charge is 0.272 e. The zero-order valence-corrected chi connectivity index (χ0v) is 17.0. The molecule has 1 saturated heterocycles. The van der Waals surface area contributed by atoms with Gasteiger partial charge >= 0.3 is 0 Å². The van der Waals surface area contributed by atoms with Gasteiger partial charge in [0.15, 0.2) is 6.61 Å². The fourth-order valence-electron chi connectivity index (χ4n) is 3.59. The molecule has 29 heavy (non-hydrogen) atoms. The van der Waals surface area contributed by atoms with E-state index < -0.39 is 13.0 Å². The zero-order chi connectivity index (χ0) is 20.8. The van der Waals surface area contributed by atoms with Crippen molar-refractivity contribution in [2.24, 2.45) is 0 Å². The maximum Gasteiger partial charge on any atom is 0.272 e. The van der Waals surface area contributed by atoms with Gasteiger partial charge in [0.05, 0.1) is 6.54 Å². The highest BCUT2D eigenvalue weighted by molar-refractivity contribution is 5.49. The van der Waals surface area contributed by atoms with Crippen molar-refractivity contribution < 1.29 is 18.3 Å². The predicted octanol–water partition coefficient (Wildman–Crippen LogP) is 5.45. The standard InChI is InChI=1S/C23H28F2N2O2/c1-16(2)12-17(3)18-4-6-20(7-5-18)29-21-9-11-27(14-21)19-8-10-26-23(13-19)28-15-22(24)25/h4-8,10,13,17,21-22H,1,9,11-12,14-15H2,2-3H3/t17-,21-/m1/s1. The van der Waals surface area contributed by atoms with Crippen LogP contribution in [0.1, 0.15) is 38.2 Å². The molecule has 2 heterocycles. The summed E-state index contributed by atoms with van der Waals surface area (Å²) >= 11 is 0. The van der Waals surface area contributed by atoms with Gasteiger partial charge in [0.2, 0.25) is 5.88 Å². The third-order valence-corrected chi connectivity index (χ3v) is 4.99. The highest BCUT2D eigenvalue weighted by Gasteiger charge is 2.25. The number of aromatic nitrogens is 1. The second-order valence-electron chi connectivity index (χ2n) is 7.66. The molecular weight excluding hydrogens is 374 g/mol. The number of benzene rings is 1. The Morgan fingerprint density at radius 1 is 1.28 bits per heavy atom. The van der Waals surface area contributed by atoms with Crippen LogP contribution in [0.15, 0.2) is 54.7 Å². The summed E-state index contributed by atoms with van der Waals surface area (Å²) in [6.45, 7) is 9.15. The van der Waals surface area contributed by atoms with Crippen molar-refractivity contribution in [3.8, 4) is 11.6 Å². The molecule has 1 aliphatic rings.